The minimum absolute atomic E-state index is 0. The summed E-state index contributed by atoms with van der Waals surface area (Å²) < 4.78 is 0. The Bertz CT molecular complexity index is 507. The molecular weight excluding hydrogens is 445 g/mol. The number of guanidine groups is 1. The number of likely N-dealkylation sites (tertiary alicyclic amines) is 1. The molecule has 7 heteroatoms. The molecular formula is C18H34IN5S. The zero-order valence-electron chi connectivity index (χ0n) is 16.0. The van der Waals surface area contributed by atoms with Gasteiger partial charge in [0.15, 0.2) is 5.96 Å². The Hall–Kier alpha value is -0.410. The lowest BCUT2D eigenvalue weighted by Gasteiger charge is -2.34. The van der Waals surface area contributed by atoms with Gasteiger partial charge in [-0.05, 0) is 38.8 Å². The van der Waals surface area contributed by atoms with E-state index in [0.29, 0.717) is 6.04 Å². The van der Waals surface area contributed by atoms with Gasteiger partial charge in [-0.15, -0.1) is 35.3 Å². The topological polar surface area (TPSA) is 52.6 Å². The van der Waals surface area contributed by atoms with Crippen LogP contribution in [-0.4, -0.2) is 48.6 Å². The molecule has 1 aliphatic rings. The number of hydrogen-bond donors (Lipinski definition) is 2. The van der Waals surface area contributed by atoms with Crippen LogP contribution in [0.5, 0.6) is 0 Å². The van der Waals surface area contributed by atoms with Crippen molar-refractivity contribution in [2.45, 2.75) is 59.0 Å². The maximum absolute atomic E-state index is 4.40. The van der Waals surface area contributed by atoms with E-state index in [9.17, 15) is 0 Å². The molecule has 2 rings (SSSR count). The highest BCUT2D eigenvalue weighted by Gasteiger charge is 2.27. The number of aliphatic imine (C=N–C) groups is 1. The molecule has 1 saturated heterocycles. The van der Waals surface area contributed by atoms with E-state index in [1.54, 1.807) is 11.3 Å². The van der Waals surface area contributed by atoms with Crippen molar-refractivity contribution in [3.8, 4) is 0 Å². The lowest BCUT2D eigenvalue weighted by atomic mass is 9.93. The molecule has 0 aromatic carbocycles. The second kappa shape index (κ2) is 12.1. The van der Waals surface area contributed by atoms with E-state index in [0.717, 1.165) is 30.0 Å². The van der Waals surface area contributed by atoms with Gasteiger partial charge in [0, 0.05) is 30.7 Å². The quantitative estimate of drug-likeness (QED) is 0.340. The fourth-order valence-electron chi connectivity index (χ4n) is 3.56. The van der Waals surface area contributed by atoms with Crippen molar-refractivity contribution in [2.24, 2.45) is 10.9 Å². The van der Waals surface area contributed by atoms with Crippen molar-refractivity contribution in [1.29, 1.82) is 0 Å². The summed E-state index contributed by atoms with van der Waals surface area (Å²) in [7, 11) is 1.84. The molecule has 144 valence electrons. The Morgan fingerprint density at radius 3 is 2.48 bits per heavy atom. The van der Waals surface area contributed by atoms with Gasteiger partial charge >= 0.3 is 0 Å². The predicted octanol–water partition coefficient (Wildman–Crippen LogP) is 3.64. The van der Waals surface area contributed by atoms with Gasteiger partial charge in [-0.2, -0.15) is 0 Å². The number of nitrogens with zero attached hydrogens (tertiary/aromatic N) is 3. The Balaban J connectivity index is 0.00000312. The molecule has 2 N–H and O–H groups in total. The zero-order chi connectivity index (χ0) is 17.4. The van der Waals surface area contributed by atoms with Gasteiger partial charge in [-0.3, -0.25) is 9.89 Å². The third kappa shape index (κ3) is 7.02. The third-order valence-electron chi connectivity index (χ3n) is 4.98. The van der Waals surface area contributed by atoms with E-state index in [1.807, 2.05) is 13.2 Å². The molecule has 0 spiro atoms. The fraction of sp³-hybridized carbons (Fsp3) is 0.778. The molecule has 0 bridgehead atoms. The lowest BCUT2D eigenvalue weighted by molar-refractivity contribution is 0.166. The first-order valence-electron chi connectivity index (χ1n) is 9.27. The van der Waals surface area contributed by atoms with Crippen LogP contribution in [0.25, 0.3) is 0 Å². The van der Waals surface area contributed by atoms with Gasteiger partial charge in [0.1, 0.15) is 5.01 Å². The van der Waals surface area contributed by atoms with E-state index in [1.165, 1.54) is 43.6 Å². The highest BCUT2D eigenvalue weighted by atomic mass is 127. The number of aromatic nitrogens is 1. The fourth-order valence-corrected chi connectivity index (χ4v) is 4.29. The second-order valence-corrected chi connectivity index (χ2v) is 7.88. The molecule has 0 aliphatic carbocycles. The van der Waals surface area contributed by atoms with E-state index < -0.39 is 0 Å². The van der Waals surface area contributed by atoms with Crippen LogP contribution < -0.4 is 10.6 Å². The van der Waals surface area contributed by atoms with E-state index in [2.05, 4.69) is 46.3 Å². The molecule has 1 aliphatic heterocycles. The summed E-state index contributed by atoms with van der Waals surface area (Å²) in [6.07, 6.45) is 7.09. The summed E-state index contributed by atoms with van der Waals surface area (Å²) in [6.45, 7) is 10.9. The molecule has 0 radical (unpaired) electrons. The average Bonchev–Trinajstić information content (AvgIpc) is 3.25. The standard InChI is InChI=1S/C18H33N5S.HI/c1-5-15(6-2)16(23-9-7-8-10-23)12-21-18(19-4)22-13-17-20-11-14(3)24-17;/h11,15-16H,5-10,12-13H2,1-4H3,(H2,19,21,22);1H. The van der Waals surface area contributed by atoms with Crippen molar-refractivity contribution in [3.05, 3.63) is 16.1 Å². The highest BCUT2D eigenvalue weighted by molar-refractivity contribution is 14.0. The van der Waals surface area contributed by atoms with Crippen molar-refractivity contribution in [1.82, 2.24) is 20.5 Å². The number of halogens is 1. The van der Waals surface area contributed by atoms with Crippen LogP contribution in [0.4, 0.5) is 0 Å². The first-order valence-corrected chi connectivity index (χ1v) is 10.1. The molecule has 1 fully saturated rings. The highest BCUT2D eigenvalue weighted by Crippen LogP contribution is 2.22. The van der Waals surface area contributed by atoms with Crippen LogP contribution in [0.15, 0.2) is 11.2 Å². The van der Waals surface area contributed by atoms with Crippen LogP contribution >= 0.6 is 35.3 Å². The van der Waals surface area contributed by atoms with Gasteiger partial charge < -0.3 is 10.6 Å². The van der Waals surface area contributed by atoms with Crippen LogP contribution in [0.1, 0.15) is 49.4 Å². The van der Waals surface area contributed by atoms with Crippen LogP contribution in [0, 0.1) is 12.8 Å². The number of rotatable bonds is 8. The van der Waals surface area contributed by atoms with Crippen LogP contribution in [0.2, 0.25) is 0 Å². The molecule has 5 nitrogen and oxygen atoms in total. The van der Waals surface area contributed by atoms with Gasteiger partial charge in [0.25, 0.3) is 0 Å². The largest absolute Gasteiger partial charge is 0.355 e. The maximum Gasteiger partial charge on any atom is 0.191 e. The molecule has 1 atom stereocenters. The molecule has 1 aromatic rings. The molecule has 1 aromatic heterocycles. The van der Waals surface area contributed by atoms with Crippen LogP contribution in [0.3, 0.4) is 0 Å². The first kappa shape index (κ1) is 22.6. The Morgan fingerprint density at radius 2 is 1.96 bits per heavy atom. The summed E-state index contributed by atoms with van der Waals surface area (Å²) >= 11 is 1.73. The summed E-state index contributed by atoms with van der Waals surface area (Å²) in [6, 6.07) is 0.600. The molecule has 0 amide bonds. The number of thiazole rings is 1. The summed E-state index contributed by atoms with van der Waals surface area (Å²) in [5.74, 6) is 1.62. The average molecular weight is 479 g/mol. The van der Waals surface area contributed by atoms with Gasteiger partial charge in [-0.1, -0.05) is 26.7 Å². The SMILES string of the molecule is CCC(CC)C(CNC(=NC)NCc1ncc(C)s1)N1CCCC1.I. The molecule has 0 saturated carbocycles. The smallest absolute Gasteiger partial charge is 0.191 e. The van der Waals surface area contributed by atoms with Crippen LogP contribution in [-0.2, 0) is 6.54 Å². The van der Waals surface area contributed by atoms with Gasteiger partial charge in [0.05, 0.1) is 6.54 Å². The molecule has 1 unspecified atom stereocenters. The lowest BCUT2D eigenvalue weighted by Crippen LogP contribution is -2.49. The van der Waals surface area contributed by atoms with Crippen molar-refractivity contribution in [3.63, 3.8) is 0 Å². The monoisotopic (exact) mass is 479 g/mol. The Kier molecular flexibility index (Phi) is 10.9. The van der Waals surface area contributed by atoms with E-state index in [4.69, 9.17) is 0 Å². The second-order valence-electron chi connectivity index (χ2n) is 6.56. The minimum atomic E-state index is 0. The van der Waals surface area contributed by atoms with Gasteiger partial charge in [-0.25, -0.2) is 4.98 Å². The van der Waals surface area contributed by atoms with E-state index in [-0.39, 0.29) is 24.0 Å². The van der Waals surface area contributed by atoms with E-state index >= 15 is 0 Å². The van der Waals surface area contributed by atoms with Crippen molar-refractivity contribution < 1.29 is 0 Å². The summed E-state index contributed by atoms with van der Waals surface area (Å²) in [5.41, 5.74) is 0. The molecule has 25 heavy (non-hydrogen) atoms. The van der Waals surface area contributed by atoms with Gasteiger partial charge in [0.2, 0.25) is 0 Å². The maximum atomic E-state index is 4.40. The zero-order valence-corrected chi connectivity index (χ0v) is 19.2. The summed E-state index contributed by atoms with van der Waals surface area (Å²) in [4.78, 5) is 12.7. The molecule has 2 heterocycles. The van der Waals surface area contributed by atoms with Crippen molar-refractivity contribution >= 4 is 41.3 Å². The Morgan fingerprint density at radius 1 is 1.28 bits per heavy atom. The third-order valence-corrected chi connectivity index (χ3v) is 5.89. The summed E-state index contributed by atoms with van der Waals surface area (Å²) in [5, 5.41) is 8.04. The first-order chi connectivity index (χ1) is 11.7. The van der Waals surface area contributed by atoms with Crippen molar-refractivity contribution in [2.75, 3.05) is 26.7 Å². The Labute approximate surface area is 174 Å². The predicted molar refractivity (Wildman–Crippen MR) is 119 cm³/mol. The minimum Gasteiger partial charge on any atom is -0.355 e. The normalized spacial score (nSPS) is 16.8. The number of aryl methyl sites for hydroxylation is 1. The number of nitrogens with one attached hydrogen (secondary N) is 2. The number of hydrogen-bond acceptors (Lipinski definition) is 4.